The molecule has 0 aliphatic heterocycles. The van der Waals surface area contributed by atoms with Crippen molar-refractivity contribution >= 4 is 27.6 Å². The topological polar surface area (TPSA) is 70.4 Å². The first kappa shape index (κ1) is 25.2. The fraction of sp³-hybridized carbons (Fsp3) is 0.259. The van der Waals surface area contributed by atoms with Gasteiger partial charge in [-0.05, 0) is 67.3 Å². The highest BCUT2D eigenvalue weighted by molar-refractivity contribution is 6.07. The van der Waals surface area contributed by atoms with Gasteiger partial charge in [-0.15, -0.1) is 0 Å². The molecule has 7 heteroatoms. The van der Waals surface area contributed by atoms with Crippen LogP contribution in [0.5, 0.6) is 0 Å². The zero-order valence-electron chi connectivity index (χ0n) is 19.4. The number of aliphatic hydroxyl groups is 1. The second kappa shape index (κ2) is 9.43. The number of rotatable bonds is 3. The molecule has 2 N–H and O–H groups in total. The molecule has 34 heavy (non-hydrogen) atoms. The third-order valence-corrected chi connectivity index (χ3v) is 5.05. The van der Waals surface area contributed by atoms with Crippen LogP contribution in [0.4, 0.5) is 13.2 Å². The van der Waals surface area contributed by atoms with E-state index in [0.717, 1.165) is 22.4 Å². The lowest BCUT2D eigenvalue weighted by Gasteiger charge is -2.18. The Kier molecular flexibility index (Phi) is 6.98. The van der Waals surface area contributed by atoms with Crippen molar-refractivity contribution in [2.75, 3.05) is 0 Å². The van der Waals surface area contributed by atoms with Crippen molar-refractivity contribution < 1.29 is 28.2 Å². The van der Waals surface area contributed by atoms with E-state index >= 15 is 0 Å². The molecule has 178 valence electrons. The zero-order valence-corrected chi connectivity index (χ0v) is 19.4. The first-order valence-electron chi connectivity index (χ1n) is 10.7. The van der Waals surface area contributed by atoms with Crippen LogP contribution in [0.1, 0.15) is 37.5 Å². The fourth-order valence-corrected chi connectivity index (χ4v) is 3.84. The normalized spacial score (nSPS) is 11.9. The summed E-state index contributed by atoms with van der Waals surface area (Å²) in [5.41, 5.74) is 1.38. The lowest BCUT2D eigenvalue weighted by atomic mass is 9.87. The van der Waals surface area contributed by atoms with Crippen LogP contribution in [0.25, 0.3) is 32.8 Å². The lowest BCUT2D eigenvalue weighted by Crippen LogP contribution is -2.10. The van der Waals surface area contributed by atoms with Crippen molar-refractivity contribution in [1.82, 2.24) is 4.98 Å². The van der Waals surface area contributed by atoms with Gasteiger partial charge in [0.05, 0.1) is 23.1 Å². The van der Waals surface area contributed by atoms with E-state index in [-0.39, 0.29) is 17.3 Å². The largest absolute Gasteiger partial charge is 0.481 e. The monoisotopic (exact) mass is 469 g/mol. The van der Waals surface area contributed by atoms with Gasteiger partial charge in [0.1, 0.15) is 0 Å². The number of halogens is 3. The molecule has 1 heterocycles. The van der Waals surface area contributed by atoms with Crippen molar-refractivity contribution in [3.05, 3.63) is 77.5 Å². The minimum absolute atomic E-state index is 0.00985. The molecular weight excluding hydrogens is 443 g/mol. The van der Waals surface area contributed by atoms with Gasteiger partial charge in [-0.2, -0.15) is 13.2 Å². The average molecular weight is 470 g/mol. The Morgan fingerprint density at radius 2 is 1.59 bits per heavy atom. The van der Waals surface area contributed by atoms with E-state index in [1.54, 1.807) is 20.8 Å². The van der Waals surface area contributed by atoms with E-state index in [2.05, 4.69) is 4.98 Å². The maximum absolute atomic E-state index is 13.5. The molecule has 0 bridgehead atoms. The number of hydrogen-bond acceptors (Lipinski definition) is 3. The van der Waals surface area contributed by atoms with Gasteiger partial charge in [0.15, 0.2) is 0 Å². The van der Waals surface area contributed by atoms with Gasteiger partial charge in [0, 0.05) is 17.1 Å². The van der Waals surface area contributed by atoms with Crippen LogP contribution in [-0.4, -0.2) is 26.8 Å². The number of hydrogen-bond donors (Lipinski definition) is 2. The summed E-state index contributed by atoms with van der Waals surface area (Å²) < 4.78 is 40.5. The fourth-order valence-electron chi connectivity index (χ4n) is 3.84. The summed E-state index contributed by atoms with van der Waals surface area (Å²) in [6.45, 7) is 7.04. The number of carboxylic acid groups (broad SMARTS) is 1. The summed E-state index contributed by atoms with van der Waals surface area (Å²) >= 11 is 0. The molecule has 0 aliphatic rings. The number of aliphatic carboxylic acids is 1. The molecule has 0 amide bonds. The van der Waals surface area contributed by atoms with Crippen LogP contribution in [0.2, 0.25) is 0 Å². The van der Waals surface area contributed by atoms with Crippen LogP contribution >= 0.6 is 0 Å². The predicted molar refractivity (Wildman–Crippen MR) is 128 cm³/mol. The number of benzene rings is 3. The molecule has 3 aromatic carbocycles. The van der Waals surface area contributed by atoms with Gasteiger partial charge in [0.25, 0.3) is 0 Å². The average Bonchev–Trinajstić information content (AvgIpc) is 2.71. The summed E-state index contributed by atoms with van der Waals surface area (Å²) in [5.74, 6) is -1.01. The van der Waals surface area contributed by atoms with Gasteiger partial charge < -0.3 is 10.2 Å². The second-order valence-corrected chi connectivity index (χ2v) is 9.07. The van der Waals surface area contributed by atoms with Crippen molar-refractivity contribution in [3.8, 4) is 11.1 Å². The highest BCUT2D eigenvalue weighted by Crippen LogP contribution is 2.41. The Morgan fingerprint density at radius 3 is 2.21 bits per heavy atom. The highest BCUT2D eigenvalue weighted by atomic mass is 19.4. The van der Waals surface area contributed by atoms with E-state index in [1.165, 1.54) is 24.4 Å². The number of pyridine rings is 1. The summed E-state index contributed by atoms with van der Waals surface area (Å²) in [6, 6.07) is 14.6. The zero-order chi connectivity index (χ0) is 25.3. The first-order chi connectivity index (χ1) is 15.8. The molecule has 0 spiro atoms. The molecule has 0 saturated heterocycles. The molecule has 4 nitrogen and oxygen atoms in total. The molecule has 4 rings (SSSR count). The van der Waals surface area contributed by atoms with E-state index < -0.39 is 23.3 Å². The number of aryl methyl sites for hydroxylation is 1. The number of fused-ring (bicyclic) bond motifs is 2. The summed E-state index contributed by atoms with van der Waals surface area (Å²) in [7, 11) is 0. The molecule has 0 atom stereocenters. The minimum atomic E-state index is -4.52. The number of carbonyl (C=O) groups is 1. The Balaban J connectivity index is 0.000000588. The standard InChI is InChI=1S/C23H16F3NO2.C4H10O/c1-13-11-14-5-2-3-6-15(14)21(18(13)12-20(28)29)17-8-9-19(23(24,25)26)16-7-4-10-27-22(16)17;1-4(2,3)5/h2-11H,12H2,1H3,(H,28,29);5H,1-3H3. The molecule has 4 aromatic rings. The van der Waals surface area contributed by atoms with E-state index in [0.29, 0.717) is 16.7 Å². The Hall–Kier alpha value is -3.45. The third kappa shape index (κ3) is 5.72. The number of alkyl halides is 3. The Bertz CT molecular complexity index is 1350. The maximum atomic E-state index is 13.5. The Morgan fingerprint density at radius 1 is 0.971 bits per heavy atom. The summed E-state index contributed by atoms with van der Waals surface area (Å²) in [5, 5.41) is 19.6. The van der Waals surface area contributed by atoms with Gasteiger partial charge >= 0.3 is 12.1 Å². The quantitative estimate of drug-likeness (QED) is 0.347. The van der Waals surface area contributed by atoms with Gasteiger partial charge in [0.2, 0.25) is 0 Å². The third-order valence-electron chi connectivity index (χ3n) is 5.05. The maximum Gasteiger partial charge on any atom is 0.417 e. The first-order valence-corrected chi connectivity index (χ1v) is 10.7. The molecule has 0 fully saturated rings. The lowest BCUT2D eigenvalue weighted by molar-refractivity contribution is -0.137. The van der Waals surface area contributed by atoms with Crippen molar-refractivity contribution in [1.29, 1.82) is 0 Å². The highest BCUT2D eigenvalue weighted by Gasteiger charge is 2.33. The smallest absolute Gasteiger partial charge is 0.417 e. The Labute approximate surface area is 195 Å². The second-order valence-electron chi connectivity index (χ2n) is 9.07. The summed E-state index contributed by atoms with van der Waals surface area (Å²) in [4.78, 5) is 15.8. The van der Waals surface area contributed by atoms with Gasteiger partial charge in [-0.25, -0.2) is 0 Å². The molecular formula is C27H26F3NO3. The molecule has 0 aliphatic carbocycles. The molecule has 0 saturated carbocycles. The predicted octanol–water partition coefficient (Wildman–Crippen LogP) is 6.79. The number of aromatic nitrogens is 1. The van der Waals surface area contributed by atoms with E-state index in [9.17, 15) is 23.1 Å². The molecule has 0 radical (unpaired) electrons. The van der Waals surface area contributed by atoms with Crippen LogP contribution < -0.4 is 0 Å². The van der Waals surface area contributed by atoms with E-state index in [1.807, 2.05) is 37.3 Å². The van der Waals surface area contributed by atoms with Crippen LogP contribution in [-0.2, 0) is 17.4 Å². The van der Waals surface area contributed by atoms with Crippen molar-refractivity contribution in [2.45, 2.75) is 45.9 Å². The SMILES string of the molecule is CC(C)(C)O.Cc1cc2ccccc2c(-c2ccc(C(F)(F)F)c3cccnc23)c1CC(=O)O. The molecule has 0 unspecified atom stereocenters. The van der Waals surface area contributed by atoms with Crippen LogP contribution in [0, 0.1) is 6.92 Å². The van der Waals surface area contributed by atoms with E-state index in [4.69, 9.17) is 5.11 Å². The van der Waals surface area contributed by atoms with Crippen molar-refractivity contribution in [3.63, 3.8) is 0 Å². The van der Waals surface area contributed by atoms with Crippen molar-refractivity contribution in [2.24, 2.45) is 0 Å². The number of carboxylic acids is 1. The van der Waals surface area contributed by atoms with Crippen LogP contribution in [0.15, 0.2) is 60.8 Å². The minimum Gasteiger partial charge on any atom is -0.481 e. The molecule has 1 aromatic heterocycles. The van der Waals surface area contributed by atoms with Gasteiger partial charge in [-0.1, -0.05) is 42.5 Å². The number of nitrogens with zero attached hydrogens (tertiary/aromatic N) is 1. The summed E-state index contributed by atoms with van der Waals surface area (Å²) in [6.07, 6.45) is -3.30. The van der Waals surface area contributed by atoms with Crippen LogP contribution in [0.3, 0.4) is 0 Å². The van der Waals surface area contributed by atoms with Gasteiger partial charge in [-0.3, -0.25) is 9.78 Å².